The van der Waals surface area contributed by atoms with Gasteiger partial charge in [-0.3, -0.25) is 0 Å². The third-order valence-corrected chi connectivity index (χ3v) is 5.79. The number of aliphatic hydroxyl groups is 8. The van der Waals surface area contributed by atoms with Crippen molar-refractivity contribution in [2.75, 3.05) is 26.4 Å². The van der Waals surface area contributed by atoms with E-state index >= 15 is 0 Å². The molecule has 3 heterocycles. The number of hydrogen-bond acceptors (Lipinski definition) is 13. The average molecular weight is 459 g/mol. The van der Waals surface area contributed by atoms with Crippen molar-refractivity contribution < 1.29 is 64.2 Å². The molecule has 3 rings (SSSR count). The van der Waals surface area contributed by atoms with Gasteiger partial charge in [0.25, 0.3) is 0 Å². The minimum absolute atomic E-state index is 0.122. The zero-order valence-electron chi connectivity index (χ0n) is 16.4. The van der Waals surface area contributed by atoms with Crippen LogP contribution in [0.1, 0.15) is 0 Å². The normalized spacial score (nSPS) is 51.2. The van der Waals surface area contributed by atoms with Crippen molar-refractivity contribution in [3.05, 3.63) is 0 Å². The van der Waals surface area contributed by atoms with Crippen molar-refractivity contribution in [2.45, 2.75) is 79.7 Å². The van der Waals surface area contributed by atoms with E-state index in [0.717, 1.165) is 0 Å². The van der Waals surface area contributed by atoms with Crippen LogP contribution in [0.4, 0.5) is 4.39 Å². The lowest BCUT2D eigenvalue weighted by Crippen LogP contribution is -2.65. The SMILES string of the molecule is OCC1NCC(O)C1OC1O[C@H](CO)[C@H](O[C@@H]2O[C@H](CF)[C@@H](O)[C@H](O)[C@H]2O)[C@@H](O)[C@H]1O. The summed E-state index contributed by atoms with van der Waals surface area (Å²) in [4.78, 5) is 0. The van der Waals surface area contributed by atoms with Crippen molar-refractivity contribution >= 4 is 0 Å². The molecule has 9 N–H and O–H groups in total. The predicted octanol–water partition coefficient (Wildman–Crippen LogP) is -5.70. The standard InChI is InChI=1S/C17H30FNO12/c18-1-7-9(23)10(24)12(26)16(28-7)31-15-8(4-21)29-17(13(27)11(15)25)30-14-5(3-20)19-2-6(14)22/h5-17,19-27H,1-4H2/t5?,6?,7-,8-,9-,10+,11+,12-,13-,14?,15+,16+,17?/m1/s1. The molecule has 3 aliphatic heterocycles. The molecular weight excluding hydrogens is 429 g/mol. The van der Waals surface area contributed by atoms with Crippen LogP contribution in [0.2, 0.25) is 0 Å². The van der Waals surface area contributed by atoms with E-state index in [-0.39, 0.29) is 13.2 Å². The van der Waals surface area contributed by atoms with Gasteiger partial charge in [-0.15, -0.1) is 0 Å². The highest BCUT2D eigenvalue weighted by Crippen LogP contribution is 2.30. The summed E-state index contributed by atoms with van der Waals surface area (Å²) in [6.45, 7) is -2.18. The number of ether oxygens (including phenoxy) is 4. The Hall–Kier alpha value is -0.590. The molecule has 13 nitrogen and oxygen atoms in total. The molecule has 3 fully saturated rings. The van der Waals surface area contributed by atoms with Crippen LogP contribution in [0, 0.1) is 0 Å². The van der Waals surface area contributed by atoms with Crippen LogP contribution in [-0.4, -0.2) is 147 Å². The van der Waals surface area contributed by atoms with E-state index in [1.807, 2.05) is 0 Å². The molecule has 14 heteroatoms. The number of aliphatic hydroxyl groups excluding tert-OH is 8. The van der Waals surface area contributed by atoms with Gasteiger partial charge in [0.2, 0.25) is 0 Å². The monoisotopic (exact) mass is 459 g/mol. The summed E-state index contributed by atoms with van der Waals surface area (Å²) in [6.07, 6.45) is -18.4. The summed E-state index contributed by atoms with van der Waals surface area (Å²) in [6, 6.07) is -0.652. The number of alkyl halides is 1. The molecule has 4 unspecified atom stereocenters. The van der Waals surface area contributed by atoms with Gasteiger partial charge in [-0.25, -0.2) is 4.39 Å². The Kier molecular flexibility index (Phi) is 8.53. The molecule has 0 saturated carbocycles. The van der Waals surface area contributed by atoms with Gasteiger partial charge in [0.15, 0.2) is 12.6 Å². The molecule has 0 aromatic heterocycles. The van der Waals surface area contributed by atoms with E-state index in [0.29, 0.717) is 0 Å². The van der Waals surface area contributed by atoms with E-state index in [1.54, 1.807) is 0 Å². The second-order valence-corrected chi connectivity index (χ2v) is 7.84. The lowest BCUT2D eigenvalue weighted by atomic mass is 9.97. The molecule has 0 radical (unpaired) electrons. The average Bonchev–Trinajstić information content (AvgIpc) is 3.12. The second kappa shape index (κ2) is 10.6. The van der Waals surface area contributed by atoms with Crippen LogP contribution in [0.25, 0.3) is 0 Å². The zero-order valence-corrected chi connectivity index (χ0v) is 16.4. The fourth-order valence-corrected chi connectivity index (χ4v) is 3.93. The van der Waals surface area contributed by atoms with Gasteiger partial charge in [0, 0.05) is 6.54 Å². The highest BCUT2D eigenvalue weighted by Gasteiger charge is 2.52. The smallest absolute Gasteiger partial charge is 0.187 e. The fraction of sp³-hybridized carbons (Fsp3) is 1.00. The van der Waals surface area contributed by atoms with Gasteiger partial charge in [0.05, 0.1) is 25.4 Å². The lowest BCUT2D eigenvalue weighted by Gasteiger charge is -2.46. The summed E-state index contributed by atoms with van der Waals surface area (Å²) in [7, 11) is 0. The Labute approximate surface area is 176 Å². The van der Waals surface area contributed by atoms with Crippen LogP contribution >= 0.6 is 0 Å². The van der Waals surface area contributed by atoms with Gasteiger partial charge >= 0.3 is 0 Å². The van der Waals surface area contributed by atoms with Crippen LogP contribution in [0.5, 0.6) is 0 Å². The van der Waals surface area contributed by atoms with E-state index in [9.17, 15) is 45.2 Å². The summed E-state index contributed by atoms with van der Waals surface area (Å²) < 4.78 is 34.5. The van der Waals surface area contributed by atoms with Crippen molar-refractivity contribution in [1.82, 2.24) is 5.32 Å². The lowest BCUT2D eigenvalue weighted by molar-refractivity contribution is -0.363. The maximum absolute atomic E-state index is 13.1. The zero-order chi connectivity index (χ0) is 22.9. The number of hydrogen-bond donors (Lipinski definition) is 9. The molecule has 3 saturated heterocycles. The molecule has 0 aromatic rings. The first-order chi connectivity index (χ1) is 14.7. The van der Waals surface area contributed by atoms with E-state index < -0.39 is 92.9 Å². The van der Waals surface area contributed by atoms with Crippen molar-refractivity contribution in [3.63, 3.8) is 0 Å². The number of β-amino-alcohol motifs (C(OH)–C–C–N with tert-alkyl or cyclic N) is 1. The van der Waals surface area contributed by atoms with Crippen LogP contribution in [0.3, 0.4) is 0 Å². The topological polar surface area (TPSA) is 211 Å². The minimum Gasteiger partial charge on any atom is -0.395 e. The van der Waals surface area contributed by atoms with Crippen molar-refractivity contribution in [2.24, 2.45) is 0 Å². The molecule has 0 aromatic carbocycles. The molecule has 3 aliphatic rings. The van der Waals surface area contributed by atoms with Gasteiger partial charge in [0.1, 0.15) is 61.6 Å². The Morgan fingerprint density at radius 1 is 0.742 bits per heavy atom. The van der Waals surface area contributed by atoms with Gasteiger partial charge in [-0.1, -0.05) is 0 Å². The van der Waals surface area contributed by atoms with Gasteiger partial charge < -0.3 is 65.1 Å². The molecule has 0 bridgehead atoms. The highest BCUT2D eigenvalue weighted by molar-refractivity contribution is 4.96. The quantitative estimate of drug-likeness (QED) is 0.174. The van der Waals surface area contributed by atoms with Gasteiger partial charge in [-0.2, -0.15) is 0 Å². The molecule has 0 aliphatic carbocycles. The predicted molar refractivity (Wildman–Crippen MR) is 95.0 cm³/mol. The summed E-state index contributed by atoms with van der Waals surface area (Å²) in [5.41, 5.74) is 0. The largest absolute Gasteiger partial charge is 0.395 e. The Morgan fingerprint density at radius 2 is 1.32 bits per heavy atom. The van der Waals surface area contributed by atoms with Crippen LogP contribution in [-0.2, 0) is 18.9 Å². The van der Waals surface area contributed by atoms with Crippen molar-refractivity contribution in [3.8, 4) is 0 Å². The molecular formula is C17H30FNO12. The number of rotatable bonds is 7. The minimum atomic E-state index is -1.82. The molecule has 13 atom stereocenters. The van der Waals surface area contributed by atoms with E-state index in [4.69, 9.17) is 18.9 Å². The number of nitrogens with one attached hydrogen (secondary N) is 1. The number of halogens is 1. The summed E-state index contributed by atoms with van der Waals surface area (Å²) in [5.74, 6) is 0. The van der Waals surface area contributed by atoms with Gasteiger partial charge in [-0.05, 0) is 0 Å². The van der Waals surface area contributed by atoms with E-state index in [2.05, 4.69) is 5.32 Å². The Morgan fingerprint density at radius 3 is 1.90 bits per heavy atom. The summed E-state index contributed by atoms with van der Waals surface area (Å²) in [5, 5.41) is 82.5. The highest BCUT2D eigenvalue weighted by atomic mass is 19.1. The summed E-state index contributed by atoms with van der Waals surface area (Å²) >= 11 is 0. The molecule has 31 heavy (non-hydrogen) atoms. The van der Waals surface area contributed by atoms with Crippen LogP contribution in [0.15, 0.2) is 0 Å². The first-order valence-corrected chi connectivity index (χ1v) is 9.94. The van der Waals surface area contributed by atoms with Crippen LogP contribution < -0.4 is 5.32 Å². The third-order valence-electron chi connectivity index (χ3n) is 5.79. The molecule has 0 amide bonds. The maximum atomic E-state index is 13.1. The third kappa shape index (κ3) is 5.01. The maximum Gasteiger partial charge on any atom is 0.187 e. The van der Waals surface area contributed by atoms with Crippen molar-refractivity contribution in [1.29, 1.82) is 0 Å². The molecule has 182 valence electrons. The Bertz CT molecular complexity index is 573. The first-order valence-electron chi connectivity index (χ1n) is 9.94. The second-order valence-electron chi connectivity index (χ2n) is 7.84. The first kappa shape index (κ1) is 25.0. The fourth-order valence-electron chi connectivity index (χ4n) is 3.93. The molecule has 0 spiro atoms. The van der Waals surface area contributed by atoms with E-state index in [1.165, 1.54) is 0 Å². The Balaban J connectivity index is 1.69.